The highest BCUT2D eigenvalue weighted by Crippen LogP contribution is 2.31. The summed E-state index contributed by atoms with van der Waals surface area (Å²) in [5, 5.41) is -0.289. The molecule has 0 aliphatic carbocycles. The van der Waals surface area contributed by atoms with Crippen molar-refractivity contribution in [2.24, 2.45) is 0 Å². The van der Waals surface area contributed by atoms with E-state index in [1.807, 2.05) is 0 Å². The summed E-state index contributed by atoms with van der Waals surface area (Å²) in [5.41, 5.74) is 0. The largest absolute Gasteiger partial charge is 0.288 e. The third kappa shape index (κ3) is 7.03. The van der Waals surface area contributed by atoms with E-state index in [0.29, 0.717) is 0 Å². The normalized spacial score (nSPS) is 14.2. The zero-order valence-electron chi connectivity index (χ0n) is 8.69. The molecule has 0 aromatic carbocycles. The predicted molar refractivity (Wildman–Crippen MR) is 52.8 cm³/mol. The van der Waals surface area contributed by atoms with Gasteiger partial charge in [0.05, 0.1) is 0 Å². The average Bonchev–Trinajstić information content (AvgIpc) is 2.14. The minimum atomic E-state index is -3.74. The van der Waals surface area contributed by atoms with Crippen molar-refractivity contribution in [3.05, 3.63) is 0 Å². The number of halogens is 5. The number of alkyl halides is 5. The summed E-state index contributed by atoms with van der Waals surface area (Å²) in [6.07, 6.45) is -8.03. The number of hydrogen-bond acceptors (Lipinski definition) is 2. The van der Waals surface area contributed by atoms with Crippen LogP contribution in [0.5, 0.6) is 0 Å². The molecule has 0 fully saturated rings. The lowest BCUT2D eigenvalue weighted by atomic mass is 10.1. The van der Waals surface area contributed by atoms with Crippen molar-refractivity contribution in [1.82, 2.24) is 0 Å². The van der Waals surface area contributed by atoms with Crippen molar-refractivity contribution in [2.45, 2.75) is 44.7 Å². The summed E-state index contributed by atoms with van der Waals surface area (Å²) in [4.78, 5) is 10.4. The quantitative estimate of drug-likeness (QED) is 0.652. The number of thioether (sulfide) groups is 1. The number of carbonyl (C=O) groups is 1. The molecule has 0 aliphatic rings. The van der Waals surface area contributed by atoms with Gasteiger partial charge < -0.3 is 0 Å². The highest BCUT2D eigenvalue weighted by molar-refractivity contribution is 8.13. The third-order valence-corrected chi connectivity index (χ3v) is 2.68. The summed E-state index contributed by atoms with van der Waals surface area (Å²) in [6, 6.07) is 0. The van der Waals surface area contributed by atoms with Gasteiger partial charge in [-0.3, -0.25) is 4.79 Å². The smallest absolute Gasteiger partial charge is 0.278 e. The van der Waals surface area contributed by atoms with Gasteiger partial charge in [-0.05, 0) is 6.42 Å². The summed E-state index contributed by atoms with van der Waals surface area (Å²) < 4.78 is 62.1. The van der Waals surface area contributed by atoms with Crippen LogP contribution in [0, 0.1) is 0 Å². The molecule has 0 aliphatic heterocycles. The minimum Gasteiger partial charge on any atom is -0.288 e. The summed E-state index contributed by atoms with van der Waals surface area (Å²) in [5.74, 6) is -3.81. The van der Waals surface area contributed by atoms with E-state index in [9.17, 15) is 26.7 Å². The Morgan fingerprint density at radius 3 is 2.25 bits per heavy atom. The first-order valence-electron chi connectivity index (χ1n) is 4.69. The van der Waals surface area contributed by atoms with Gasteiger partial charge in [-0.2, -0.15) is 0 Å². The Labute approximate surface area is 94.8 Å². The summed E-state index contributed by atoms with van der Waals surface area (Å²) in [6.45, 7) is 1.24. The molecule has 0 rings (SSSR count). The van der Waals surface area contributed by atoms with Crippen LogP contribution >= 0.6 is 11.8 Å². The van der Waals surface area contributed by atoms with Crippen LogP contribution < -0.4 is 0 Å². The third-order valence-electron chi connectivity index (χ3n) is 1.83. The molecule has 0 aromatic heterocycles. The first-order chi connectivity index (χ1) is 7.25. The second-order valence-electron chi connectivity index (χ2n) is 3.29. The van der Waals surface area contributed by atoms with Crippen molar-refractivity contribution in [3.8, 4) is 0 Å². The Balaban J connectivity index is 3.93. The predicted octanol–water partition coefficient (Wildman–Crippen LogP) is 3.67. The summed E-state index contributed by atoms with van der Waals surface area (Å²) >= 11 is 0.740. The molecule has 0 aromatic rings. The minimum absolute atomic E-state index is 0.0687. The van der Waals surface area contributed by atoms with Crippen LogP contribution in [0.3, 0.4) is 0 Å². The monoisotopic (exact) mass is 264 g/mol. The maximum Gasteiger partial charge on any atom is 0.278 e. The van der Waals surface area contributed by atoms with Gasteiger partial charge in [0.2, 0.25) is 6.43 Å². The van der Waals surface area contributed by atoms with Crippen LogP contribution in [0.4, 0.5) is 22.0 Å². The van der Waals surface area contributed by atoms with Gasteiger partial charge in [0.25, 0.3) is 5.92 Å². The van der Waals surface area contributed by atoms with E-state index < -0.39 is 37.8 Å². The number of hydrogen-bond donors (Lipinski definition) is 0. The second-order valence-corrected chi connectivity index (χ2v) is 4.56. The van der Waals surface area contributed by atoms with Crippen LogP contribution in [0.2, 0.25) is 0 Å². The van der Waals surface area contributed by atoms with Crippen molar-refractivity contribution in [1.29, 1.82) is 0 Å². The lowest BCUT2D eigenvalue weighted by Crippen LogP contribution is -2.31. The fraction of sp³-hybridized carbons (Fsp3) is 0.889. The van der Waals surface area contributed by atoms with Gasteiger partial charge in [-0.25, -0.2) is 22.0 Å². The molecule has 0 amide bonds. The van der Waals surface area contributed by atoms with E-state index in [-0.39, 0.29) is 10.9 Å². The van der Waals surface area contributed by atoms with E-state index in [1.165, 1.54) is 6.92 Å². The fourth-order valence-corrected chi connectivity index (χ4v) is 1.59. The average molecular weight is 264 g/mol. The van der Waals surface area contributed by atoms with Crippen LogP contribution in [0.15, 0.2) is 0 Å². The lowest BCUT2D eigenvalue weighted by molar-refractivity contribution is -0.109. The molecule has 1 unspecified atom stereocenters. The zero-order chi connectivity index (χ0) is 12.8. The Morgan fingerprint density at radius 1 is 1.25 bits per heavy atom. The molecular formula is C9H13F5OS. The number of carbonyl (C=O) groups excluding carboxylic acids is 1. The first kappa shape index (κ1) is 15.7. The molecule has 1 atom stereocenters. The van der Waals surface area contributed by atoms with Crippen LogP contribution in [-0.4, -0.2) is 29.4 Å². The van der Waals surface area contributed by atoms with Crippen molar-refractivity contribution >= 4 is 16.9 Å². The lowest BCUT2D eigenvalue weighted by Gasteiger charge is -2.20. The molecule has 0 spiro atoms. The highest BCUT2D eigenvalue weighted by Gasteiger charge is 2.39. The van der Waals surface area contributed by atoms with E-state index in [2.05, 4.69) is 0 Å². The maximum absolute atomic E-state index is 13.0. The van der Waals surface area contributed by atoms with Gasteiger partial charge >= 0.3 is 0 Å². The summed E-state index contributed by atoms with van der Waals surface area (Å²) in [7, 11) is 0. The zero-order valence-corrected chi connectivity index (χ0v) is 9.51. The van der Waals surface area contributed by atoms with Gasteiger partial charge in [0.1, 0.15) is 0 Å². The van der Waals surface area contributed by atoms with Gasteiger partial charge in [0.15, 0.2) is 11.3 Å². The van der Waals surface area contributed by atoms with Gasteiger partial charge in [-0.1, -0.05) is 11.8 Å². The molecule has 96 valence electrons. The molecule has 16 heavy (non-hydrogen) atoms. The molecule has 7 heteroatoms. The van der Waals surface area contributed by atoms with Gasteiger partial charge in [-0.15, -0.1) is 0 Å². The molecule has 0 heterocycles. The topological polar surface area (TPSA) is 17.1 Å². The van der Waals surface area contributed by atoms with Crippen LogP contribution in [-0.2, 0) is 4.79 Å². The second kappa shape index (κ2) is 7.09. The molecule has 0 saturated carbocycles. The van der Waals surface area contributed by atoms with E-state index >= 15 is 0 Å². The van der Waals surface area contributed by atoms with E-state index in [1.54, 1.807) is 0 Å². The highest BCUT2D eigenvalue weighted by atomic mass is 32.2. The standard InChI is InChI=1S/C9H13F5OS/c1-6(15)16-5-3-7(10)9(13,14)4-2-8(11)12/h7-8H,2-5H2,1H3. The molecule has 1 nitrogen and oxygen atoms in total. The first-order valence-corrected chi connectivity index (χ1v) is 5.67. The fourth-order valence-electron chi connectivity index (χ4n) is 0.975. The molecule has 0 saturated heterocycles. The Morgan fingerprint density at radius 2 is 1.81 bits per heavy atom. The van der Waals surface area contributed by atoms with Crippen molar-refractivity contribution in [2.75, 3.05) is 5.75 Å². The molecule has 0 bridgehead atoms. The van der Waals surface area contributed by atoms with Crippen LogP contribution in [0.25, 0.3) is 0 Å². The van der Waals surface area contributed by atoms with Crippen molar-refractivity contribution in [3.63, 3.8) is 0 Å². The maximum atomic E-state index is 13.0. The van der Waals surface area contributed by atoms with Gasteiger partial charge in [0, 0.05) is 25.5 Å². The Kier molecular flexibility index (Phi) is 6.94. The molecular weight excluding hydrogens is 251 g/mol. The van der Waals surface area contributed by atoms with E-state index in [0.717, 1.165) is 11.8 Å². The van der Waals surface area contributed by atoms with E-state index in [4.69, 9.17) is 0 Å². The van der Waals surface area contributed by atoms with Crippen molar-refractivity contribution < 1.29 is 26.7 Å². The van der Waals surface area contributed by atoms with Crippen LogP contribution in [0.1, 0.15) is 26.2 Å². The number of rotatable bonds is 7. The SMILES string of the molecule is CC(=O)SCCC(F)C(F)(F)CCC(F)F. The Hall–Kier alpha value is -0.330. The molecule has 0 radical (unpaired) electrons. The molecule has 0 N–H and O–H groups in total. The Bertz CT molecular complexity index is 222.